The first-order valence-corrected chi connectivity index (χ1v) is 11.4. The summed E-state index contributed by atoms with van der Waals surface area (Å²) in [4.78, 5) is 12.4. The van der Waals surface area contributed by atoms with Gasteiger partial charge in [0.15, 0.2) is 0 Å². The molecule has 1 heterocycles. The Morgan fingerprint density at radius 1 is 1.12 bits per heavy atom. The van der Waals surface area contributed by atoms with Crippen molar-refractivity contribution >= 4 is 34.5 Å². The van der Waals surface area contributed by atoms with Crippen molar-refractivity contribution in [3.8, 4) is 0 Å². The molecule has 0 saturated carbocycles. The van der Waals surface area contributed by atoms with Crippen molar-refractivity contribution in [3.05, 3.63) is 112 Å². The maximum absolute atomic E-state index is 12.4. The molecule has 0 spiro atoms. The van der Waals surface area contributed by atoms with E-state index < -0.39 is 5.97 Å². The maximum atomic E-state index is 12.4. The van der Waals surface area contributed by atoms with Gasteiger partial charge in [-0.15, -0.1) is 0 Å². The molecule has 1 aromatic heterocycles. The van der Waals surface area contributed by atoms with Crippen LogP contribution >= 0.6 is 11.6 Å². The smallest absolute Gasteiger partial charge is 0.352 e. The molecule has 168 valence electrons. The number of aromatic nitrogens is 1. The number of nitrogens with one attached hydrogen (secondary N) is 1. The fourth-order valence-corrected chi connectivity index (χ4v) is 4.43. The van der Waals surface area contributed by atoms with Crippen molar-refractivity contribution in [1.29, 1.82) is 0 Å². The number of hydrogen-bond donors (Lipinski definition) is 2. The second-order valence-electron chi connectivity index (χ2n) is 8.20. The molecule has 5 heteroatoms. The summed E-state index contributed by atoms with van der Waals surface area (Å²) in [6.07, 6.45) is 2.57. The molecule has 4 rings (SSSR count). The number of hydrogen-bond acceptors (Lipinski definition) is 2. The summed E-state index contributed by atoms with van der Waals surface area (Å²) in [6.45, 7) is 7.47. The number of halogens is 1. The first-order chi connectivity index (χ1) is 16.0. The number of carboxylic acid groups (broad SMARTS) is 1. The summed E-state index contributed by atoms with van der Waals surface area (Å²) in [7, 11) is 0. The lowest BCUT2D eigenvalue weighted by Crippen LogP contribution is -2.19. The molecule has 0 amide bonds. The summed E-state index contributed by atoms with van der Waals surface area (Å²) in [5.41, 5.74) is 6.31. The quantitative estimate of drug-likeness (QED) is 0.288. The van der Waals surface area contributed by atoms with E-state index in [2.05, 4.69) is 18.0 Å². The summed E-state index contributed by atoms with van der Waals surface area (Å²) in [6, 6.07) is 21.9. The summed E-state index contributed by atoms with van der Waals surface area (Å²) in [5.74, 6) is -0.922. The van der Waals surface area contributed by atoms with Gasteiger partial charge < -0.3 is 15.0 Å². The molecule has 0 radical (unpaired) electrons. The minimum absolute atomic E-state index is 0.327. The van der Waals surface area contributed by atoms with Gasteiger partial charge in [0, 0.05) is 34.6 Å². The normalized spacial score (nSPS) is 11.1. The minimum atomic E-state index is -0.922. The van der Waals surface area contributed by atoms with Crippen LogP contribution in [0, 0.1) is 6.92 Å². The number of carbonyl (C=O) groups is 1. The third-order valence-corrected chi connectivity index (χ3v) is 6.28. The van der Waals surface area contributed by atoms with E-state index in [9.17, 15) is 9.90 Å². The molecular weight excluding hydrogens is 432 g/mol. The van der Waals surface area contributed by atoms with E-state index in [1.54, 1.807) is 6.08 Å². The fourth-order valence-electron chi connectivity index (χ4n) is 4.20. The Morgan fingerprint density at radius 2 is 1.88 bits per heavy atom. The Balaban J connectivity index is 1.65. The van der Waals surface area contributed by atoms with Gasteiger partial charge in [-0.1, -0.05) is 78.9 Å². The van der Waals surface area contributed by atoms with Crippen LogP contribution in [0.15, 0.2) is 73.3 Å². The molecule has 0 bridgehead atoms. The molecule has 0 aliphatic rings. The largest absolute Gasteiger partial charge is 0.477 e. The Labute approximate surface area is 199 Å². The summed E-state index contributed by atoms with van der Waals surface area (Å²) < 4.78 is 1.92. The number of aryl methyl sites for hydroxylation is 1. The summed E-state index contributed by atoms with van der Waals surface area (Å²) in [5, 5.41) is 15.3. The van der Waals surface area contributed by atoms with Crippen LogP contribution in [0.25, 0.3) is 17.0 Å². The topological polar surface area (TPSA) is 54.3 Å². The van der Waals surface area contributed by atoms with Crippen molar-refractivity contribution in [2.24, 2.45) is 0 Å². The molecule has 4 aromatic rings. The highest BCUT2D eigenvalue weighted by Gasteiger charge is 2.22. The number of benzene rings is 3. The Kier molecular flexibility index (Phi) is 6.97. The average Bonchev–Trinajstić information content (AvgIpc) is 3.11. The van der Waals surface area contributed by atoms with Crippen molar-refractivity contribution in [2.45, 2.75) is 26.4 Å². The zero-order valence-electron chi connectivity index (χ0n) is 18.6. The molecule has 0 atom stereocenters. The van der Waals surface area contributed by atoms with Crippen LogP contribution < -0.4 is 5.32 Å². The molecule has 0 saturated heterocycles. The lowest BCUT2D eigenvalue weighted by atomic mass is 10.1. The van der Waals surface area contributed by atoms with Gasteiger partial charge >= 0.3 is 5.97 Å². The van der Waals surface area contributed by atoms with Crippen LogP contribution in [-0.2, 0) is 19.5 Å². The molecular formula is C28H27ClN2O2. The van der Waals surface area contributed by atoms with Gasteiger partial charge in [-0.3, -0.25) is 0 Å². The van der Waals surface area contributed by atoms with Gasteiger partial charge in [-0.05, 0) is 54.3 Å². The molecule has 2 N–H and O–H groups in total. The van der Waals surface area contributed by atoms with E-state index in [0.29, 0.717) is 25.3 Å². The van der Waals surface area contributed by atoms with Crippen LogP contribution in [0.5, 0.6) is 0 Å². The molecule has 0 aliphatic carbocycles. The third-order valence-electron chi connectivity index (χ3n) is 5.91. The highest BCUT2D eigenvalue weighted by atomic mass is 35.5. The number of carboxylic acids is 1. The fraction of sp³-hybridized carbons (Fsp3) is 0.179. The molecule has 0 fully saturated rings. The van der Waals surface area contributed by atoms with E-state index >= 15 is 0 Å². The van der Waals surface area contributed by atoms with Crippen LogP contribution in [0.1, 0.15) is 38.3 Å². The van der Waals surface area contributed by atoms with Crippen molar-refractivity contribution < 1.29 is 9.90 Å². The number of aromatic carboxylic acids is 1. The van der Waals surface area contributed by atoms with Gasteiger partial charge in [0.05, 0.1) is 0 Å². The van der Waals surface area contributed by atoms with Gasteiger partial charge in [0.25, 0.3) is 0 Å². The highest BCUT2D eigenvalue weighted by Crippen LogP contribution is 2.29. The van der Waals surface area contributed by atoms with Crippen LogP contribution in [0.4, 0.5) is 0 Å². The van der Waals surface area contributed by atoms with E-state index in [-0.39, 0.29) is 0 Å². The summed E-state index contributed by atoms with van der Waals surface area (Å²) >= 11 is 6.26. The molecule has 3 aromatic carbocycles. The van der Waals surface area contributed by atoms with E-state index in [1.807, 2.05) is 72.2 Å². The van der Waals surface area contributed by atoms with E-state index in [4.69, 9.17) is 11.6 Å². The number of rotatable bonds is 9. The zero-order chi connectivity index (χ0) is 23.4. The Bertz CT molecular complexity index is 1310. The second kappa shape index (κ2) is 10.1. The van der Waals surface area contributed by atoms with Gasteiger partial charge in [-0.25, -0.2) is 4.79 Å². The van der Waals surface area contributed by atoms with E-state index in [1.165, 1.54) is 0 Å². The molecule has 0 unspecified atom stereocenters. The Morgan fingerprint density at radius 3 is 2.58 bits per heavy atom. The first-order valence-electron chi connectivity index (χ1n) is 11.0. The van der Waals surface area contributed by atoms with E-state index in [0.717, 1.165) is 50.2 Å². The van der Waals surface area contributed by atoms with Crippen LogP contribution in [-0.4, -0.2) is 22.2 Å². The predicted octanol–water partition coefficient (Wildman–Crippen LogP) is 6.32. The lowest BCUT2D eigenvalue weighted by molar-refractivity contribution is 0.0684. The predicted molar refractivity (Wildman–Crippen MR) is 136 cm³/mol. The Hall–Kier alpha value is -3.34. The van der Waals surface area contributed by atoms with Crippen molar-refractivity contribution in [1.82, 2.24) is 9.88 Å². The molecule has 33 heavy (non-hydrogen) atoms. The van der Waals surface area contributed by atoms with Crippen LogP contribution in [0.2, 0.25) is 5.02 Å². The van der Waals surface area contributed by atoms with Crippen molar-refractivity contribution in [3.63, 3.8) is 0 Å². The van der Waals surface area contributed by atoms with Gasteiger partial charge in [0.2, 0.25) is 0 Å². The maximum Gasteiger partial charge on any atom is 0.352 e. The lowest BCUT2D eigenvalue weighted by Gasteiger charge is -2.11. The minimum Gasteiger partial charge on any atom is -0.477 e. The third kappa shape index (κ3) is 5.03. The number of fused-ring (bicyclic) bond motifs is 1. The van der Waals surface area contributed by atoms with Crippen LogP contribution in [0.3, 0.4) is 0 Å². The second-order valence-corrected chi connectivity index (χ2v) is 8.61. The highest BCUT2D eigenvalue weighted by molar-refractivity contribution is 6.31. The molecule has 4 nitrogen and oxygen atoms in total. The van der Waals surface area contributed by atoms with Crippen molar-refractivity contribution in [2.75, 3.05) is 6.54 Å². The average molecular weight is 459 g/mol. The molecule has 0 aliphatic heterocycles. The zero-order valence-corrected chi connectivity index (χ0v) is 19.4. The van der Waals surface area contributed by atoms with Gasteiger partial charge in [-0.2, -0.15) is 0 Å². The van der Waals surface area contributed by atoms with Gasteiger partial charge in [0.1, 0.15) is 5.69 Å². The standard InChI is InChI=1S/C28H27ClN2O2/c1-3-20-9-11-21(12-10-20)18-31-26-16-19(2)8-13-23(26)24(27(31)28(32)33)17-30-15-14-22-6-4-5-7-25(22)29/h3-13,16,30H,1,14-15,17-18H2,2H3,(H,32,33). The number of nitrogens with zero attached hydrogens (tertiary/aromatic N) is 1. The monoisotopic (exact) mass is 458 g/mol. The SMILES string of the molecule is C=Cc1ccc(Cn2c(C(=O)O)c(CNCCc3ccccc3Cl)c3ccc(C)cc32)cc1. The first kappa shape index (κ1) is 22.8.